The third-order valence-electron chi connectivity index (χ3n) is 5.22. The number of hydrogen-bond donors (Lipinski definition) is 2. The first-order valence-electron chi connectivity index (χ1n) is 9.63. The number of nitrogens with zero attached hydrogens (tertiary/aromatic N) is 3. The average Bonchev–Trinajstić information content (AvgIpc) is 2.97. The number of thioether (sulfide) groups is 1. The molecule has 2 aliphatic heterocycles. The number of aliphatic carboxylic acids is 1. The molecular weight excluding hydrogens is 448 g/mol. The van der Waals surface area contributed by atoms with Crippen LogP contribution in [0.3, 0.4) is 0 Å². The number of β-lactam (4-membered cyclic amide) rings is 1. The van der Waals surface area contributed by atoms with E-state index in [1.807, 2.05) is 6.92 Å². The van der Waals surface area contributed by atoms with Gasteiger partial charge in [0.05, 0.1) is 16.4 Å². The molecule has 1 saturated heterocycles. The van der Waals surface area contributed by atoms with Crippen LogP contribution in [0.4, 0.5) is 0 Å². The molecule has 0 aliphatic carbocycles. The van der Waals surface area contributed by atoms with Crippen molar-refractivity contribution in [3.05, 3.63) is 27.7 Å². The number of fused-ring (bicyclic) bond motifs is 1. The summed E-state index contributed by atoms with van der Waals surface area (Å²) in [6.07, 6.45) is 0.430. The first-order chi connectivity index (χ1) is 14.6. The van der Waals surface area contributed by atoms with Gasteiger partial charge in [0.1, 0.15) is 29.8 Å². The van der Waals surface area contributed by atoms with E-state index in [2.05, 4.69) is 10.4 Å². The number of rotatable bonds is 7. The van der Waals surface area contributed by atoms with Crippen LogP contribution in [0.1, 0.15) is 37.7 Å². The summed E-state index contributed by atoms with van der Waals surface area (Å²) >= 11 is 7.50. The Labute approximate surface area is 187 Å². The van der Waals surface area contributed by atoms with E-state index in [0.717, 1.165) is 4.90 Å². The lowest BCUT2D eigenvalue weighted by molar-refractivity contribution is -0.151. The molecule has 1 aromatic rings. The van der Waals surface area contributed by atoms with Crippen LogP contribution in [0.15, 0.2) is 11.3 Å². The largest absolute Gasteiger partial charge is 0.477 e. The highest BCUT2D eigenvalue weighted by molar-refractivity contribution is 8.00. The van der Waals surface area contributed by atoms with Crippen molar-refractivity contribution < 1.29 is 29.0 Å². The number of amides is 2. The molecule has 1 fully saturated rings. The van der Waals surface area contributed by atoms with Gasteiger partial charge in [-0.05, 0) is 20.3 Å². The van der Waals surface area contributed by atoms with Crippen molar-refractivity contribution in [1.82, 2.24) is 20.0 Å². The van der Waals surface area contributed by atoms with Gasteiger partial charge >= 0.3 is 11.9 Å². The third kappa shape index (κ3) is 4.16. The van der Waals surface area contributed by atoms with Crippen LogP contribution in [0.25, 0.3) is 0 Å². The molecular formula is C19H23ClN4O6S. The van der Waals surface area contributed by atoms with Crippen LogP contribution in [-0.2, 0) is 23.9 Å². The molecule has 0 aromatic carbocycles. The Morgan fingerprint density at radius 3 is 2.58 bits per heavy atom. The van der Waals surface area contributed by atoms with E-state index in [-0.39, 0.29) is 18.1 Å². The lowest BCUT2D eigenvalue weighted by atomic mass is 10.0. The summed E-state index contributed by atoms with van der Waals surface area (Å²) in [4.78, 5) is 49.7. The summed E-state index contributed by atoms with van der Waals surface area (Å²) in [7, 11) is 0. The number of aromatic nitrogens is 2. The normalized spacial score (nSPS) is 21.3. The number of nitrogens with one attached hydrogen (secondary N) is 1. The summed E-state index contributed by atoms with van der Waals surface area (Å²) in [6.45, 7) is 6.36. The van der Waals surface area contributed by atoms with Crippen LogP contribution in [0, 0.1) is 13.8 Å². The Kier molecular flexibility index (Phi) is 6.65. The Balaban J connectivity index is 1.77. The smallest absolute Gasteiger partial charge is 0.352 e. The molecule has 168 valence electrons. The van der Waals surface area contributed by atoms with Crippen LogP contribution in [0.2, 0.25) is 5.02 Å². The fourth-order valence-corrected chi connectivity index (χ4v) is 5.10. The number of carbonyl (C=O) groups excluding carboxylic acids is 3. The van der Waals surface area contributed by atoms with E-state index >= 15 is 0 Å². The minimum Gasteiger partial charge on any atom is -0.477 e. The molecule has 0 spiro atoms. The number of esters is 1. The standard InChI is InChI=1S/C19H23ClN4O6S/c1-5-12(24-9(3)13(20)8(2)22-24)16(26)21-14-17(27)23-15(19(28)29)11(6-30-10(4)25)7-31-18(14)23/h12,14,18H,5-7H2,1-4H3,(H,21,26)(H,28,29)/t12-,14-,18-/m1/s1. The van der Waals surface area contributed by atoms with Crippen LogP contribution >= 0.6 is 23.4 Å². The van der Waals surface area contributed by atoms with Crippen molar-refractivity contribution in [1.29, 1.82) is 0 Å². The van der Waals surface area contributed by atoms with Crippen molar-refractivity contribution in [3.63, 3.8) is 0 Å². The zero-order valence-electron chi connectivity index (χ0n) is 17.5. The van der Waals surface area contributed by atoms with Crippen molar-refractivity contribution in [2.75, 3.05) is 12.4 Å². The average molecular weight is 471 g/mol. The van der Waals surface area contributed by atoms with E-state index in [1.165, 1.54) is 18.7 Å². The predicted molar refractivity (Wildman–Crippen MR) is 112 cm³/mol. The highest BCUT2D eigenvalue weighted by Gasteiger charge is 2.54. The maximum Gasteiger partial charge on any atom is 0.352 e. The first-order valence-corrected chi connectivity index (χ1v) is 11.1. The zero-order valence-corrected chi connectivity index (χ0v) is 19.0. The van der Waals surface area contributed by atoms with Crippen LogP contribution in [0.5, 0.6) is 0 Å². The van der Waals surface area contributed by atoms with Crippen molar-refractivity contribution in [2.45, 2.75) is 51.6 Å². The number of halogens is 1. The Morgan fingerprint density at radius 2 is 2.06 bits per heavy atom. The first kappa shape index (κ1) is 23.1. The number of ether oxygens (including phenoxy) is 1. The topological polar surface area (TPSA) is 131 Å². The van der Waals surface area contributed by atoms with Gasteiger partial charge < -0.3 is 15.2 Å². The van der Waals surface area contributed by atoms with Gasteiger partial charge in [0.25, 0.3) is 5.91 Å². The molecule has 12 heteroatoms. The van der Waals surface area contributed by atoms with E-state index in [0.29, 0.717) is 28.4 Å². The van der Waals surface area contributed by atoms with Gasteiger partial charge in [-0.15, -0.1) is 11.8 Å². The van der Waals surface area contributed by atoms with E-state index < -0.39 is 41.2 Å². The summed E-state index contributed by atoms with van der Waals surface area (Å²) in [6, 6.07) is -1.51. The van der Waals surface area contributed by atoms with Gasteiger partial charge in [-0.25, -0.2) is 4.79 Å². The lowest BCUT2D eigenvalue weighted by Crippen LogP contribution is -2.71. The molecule has 2 aliphatic rings. The lowest BCUT2D eigenvalue weighted by Gasteiger charge is -2.49. The summed E-state index contributed by atoms with van der Waals surface area (Å²) in [5, 5.41) is 16.6. The summed E-state index contributed by atoms with van der Waals surface area (Å²) in [5.41, 5.74) is 1.40. The molecule has 3 heterocycles. The minimum absolute atomic E-state index is 0.196. The highest BCUT2D eigenvalue weighted by atomic mass is 35.5. The fourth-order valence-electron chi connectivity index (χ4n) is 3.65. The maximum absolute atomic E-state index is 12.9. The fraction of sp³-hybridized carbons (Fsp3) is 0.526. The molecule has 10 nitrogen and oxygen atoms in total. The Bertz CT molecular complexity index is 990. The van der Waals surface area contributed by atoms with Gasteiger partial charge in [-0.2, -0.15) is 5.10 Å². The van der Waals surface area contributed by atoms with Gasteiger partial charge in [0.2, 0.25) is 5.91 Å². The number of aryl methyl sites for hydroxylation is 1. The van der Waals surface area contributed by atoms with E-state index in [4.69, 9.17) is 16.3 Å². The predicted octanol–water partition coefficient (Wildman–Crippen LogP) is 1.41. The van der Waals surface area contributed by atoms with Crippen molar-refractivity contribution >= 4 is 47.1 Å². The van der Waals surface area contributed by atoms with Gasteiger partial charge in [-0.1, -0.05) is 18.5 Å². The second-order valence-corrected chi connectivity index (χ2v) is 8.77. The minimum atomic E-state index is -1.28. The molecule has 0 radical (unpaired) electrons. The van der Waals surface area contributed by atoms with Crippen LogP contribution in [-0.4, -0.2) is 67.3 Å². The Morgan fingerprint density at radius 1 is 1.39 bits per heavy atom. The molecule has 3 atom stereocenters. The highest BCUT2D eigenvalue weighted by Crippen LogP contribution is 2.40. The molecule has 2 N–H and O–H groups in total. The number of carbonyl (C=O) groups is 4. The van der Waals surface area contributed by atoms with Gasteiger partial charge in [-0.3, -0.25) is 24.0 Å². The number of carboxylic acids is 1. The molecule has 0 bridgehead atoms. The van der Waals surface area contributed by atoms with Crippen molar-refractivity contribution in [2.24, 2.45) is 0 Å². The summed E-state index contributed by atoms with van der Waals surface area (Å²) < 4.78 is 6.46. The van der Waals surface area contributed by atoms with Crippen molar-refractivity contribution in [3.8, 4) is 0 Å². The maximum atomic E-state index is 12.9. The number of carboxylic acid groups (broad SMARTS) is 1. The van der Waals surface area contributed by atoms with E-state index in [9.17, 15) is 24.3 Å². The third-order valence-corrected chi connectivity index (χ3v) is 7.11. The summed E-state index contributed by atoms with van der Waals surface area (Å²) in [5.74, 6) is -2.48. The molecule has 3 rings (SSSR count). The molecule has 0 unspecified atom stereocenters. The molecule has 0 saturated carbocycles. The van der Waals surface area contributed by atoms with E-state index in [1.54, 1.807) is 18.5 Å². The van der Waals surface area contributed by atoms with Crippen LogP contribution < -0.4 is 5.32 Å². The number of hydrogen-bond acceptors (Lipinski definition) is 7. The second kappa shape index (κ2) is 8.91. The SMILES string of the molecule is CC[C@H](C(=O)N[C@@H]1C(=O)N2C(C(=O)O)=C(COC(C)=O)CS[C@H]12)n1nc(C)c(Cl)c1C. The quantitative estimate of drug-likeness (QED) is 0.451. The zero-order chi connectivity index (χ0) is 23.0. The second-order valence-electron chi connectivity index (χ2n) is 7.29. The Hall–Kier alpha value is -2.53. The molecule has 31 heavy (non-hydrogen) atoms. The molecule has 2 amide bonds. The van der Waals surface area contributed by atoms with Gasteiger partial charge in [0.15, 0.2) is 0 Å². The molecule has 1 aromatic heterocycles. The van der Waals surface area contributed by atoms with Gasteiger partial charge in [0, 0.05) is 18.2 Å². The monoisotopic (exact) mass is 470 g/mol.